The SMILES string of the molecule is CCCn1c(O)c(C#N)c(C)c(N=Nc2cc(OC)ccc2OC)c1=O. The van der Waals surface area contributed by atoms with Gasteiger partial charge in [-0.05, 0) is 25.5 Å². The van der Waals surface area contributed by atoms with Crippen molar-refractivity contribution in [3.63, 3.8) is 0 Å². The molecule has 8 nitrogen and oxygen atoms in total. The van der Waals surface area contributed by atoms with Crippen molar-refractivity contribution in [3.8, 4) is 23.4 Å². The summed E-state index contributed by atoms with van der Waals surface area (Å²) in [6.07, 6.45) is 0.613. The van der Waals surface area contributed by atoms with Gasteiger partial charge in [0.2, 0.25) is 5.88 Å². The number of aromatic nitrogens is 1. The second-order valence-electron chi connectivity index (χ2n) is 5.48. The average Bonchev–Trinajstić information content (AvgIpc) is 2.65. The van der Waals surface area contributed by atoms with Gasteiger partial charge in [-0.2, -0.15) is 5.26 Å². The molecule has 0 fully saturated rings. The van der Waals surface area contributed by atoms with Crippen LogP contribution >= 0.6 is 0 Å². The third kappa shape index (κ3) is 3.52. The van der Waals surface area contributed by atoms with Gasteiger partial charge in [-0.3, -0.25) is 9.36 Å². The summed E-state index contributed by atoms with van der Waals surface area (Å²) in [7, 11) is 3.02. The molecule has 0 amide bonds. The molecule has 26 heavy (non-hydrogen) atoms. The fourth-order valence-corrected chi connectivity index (χ4v) is 2.47. The van der Waals surface area contributed by atoms with E-state index in [4.69, 9.17) is 9.47 Å². The number of hydrogen-bond acceptors (Lipinski definition) is 7. The van der Waals surface area contributed by atoms with Crippen molar-refractivity contribution in [1.29, 1.82) is 5.26 Å². The van der Waals surface area contributed by atoms with Gasteiger partial charge < -0.3 is 14.6 Å². The quantitative estimate of drug-likeness (QED) is 0.796. The smallest absolute Gasteiger partial charge is 0.281 e. The summed E-state index contributed by atoms with van der Waals surface area (Å²) in [6, 6.07) is 6.92. The summed E-state index contributed by atoms with van der Waals surface area (Å²) in [5.41, 5.74) is 0.140. The van der Waals surface area contributed by atoms with Crippen LogP contribution in [0.3, 0.4) is 0 Å². The Labute approximate surface area is 150 Å². The van der Waals surface area contributed by atoms with E-state index in [-0.39, 0.29) is 29.2 Å². The molecule has 0 aliphatic carbocycles. The van der Waals surface area contributed by atoms with Gasteiger partial charge in [0.15, 0.2) is 5.69 Å². The first-order chi connectivity index (χ1) is 12.5. The highest BCUT2D eigenvalue weighted by Crippen LogP contribution is 2.33. The maximum Gasteiger partial charge on any atom is 0.281 e. The van der Waals surface area contributed by atoms with E-state index in [1.807, 2.05) is 13.0 Å². The predicted octanol–water partition coefficient (Wildman–Crippen LogP) is 3.58. The van der Waals surface area contributed by atoms with Crippen LogP contribution in [0.2, 0.25) is 0 Å². The molecular formula is C18H20N4O4. The monoisotopic (exact) mass is 356 g/mol. The molecule has 0 aliphatic heterocycles. The first kappa shape index (κ1) is 19.0. The van der Waals surface area contributed by atoms with Crippen LogP contribution in [0.5, 0.6) is 17.4 Å². The van der Waals surface area contributed by atoms with Gasteiger partial charge in [0.25, 0.3) is 5.56 Å². The van der Waals surface area contributed by atoms with Gasteiger partial charge in [-0.1, -0.05) is 6.92 Å². The highest BCUT2D eigenvalue weighted by Gasteiger charge is 2.18. The summed E-state index contributed by atoms with van der Waals surface area (Å²) >= 11 is 0. The predicted molar refractivity (Wildman–Crippen MR) is 95.8 cm³/mol. The third-order valence-corrected chi connectivity index (χ3v) is 3.86. The molecule has 1 heterocycles. The number of nitrogens with zero attached hydrogens (tertiary/aromatic N) is 4. The van der Waals surface area contributed by atoms with Crippen molar-refractivity contribution >= 4 is 11.4 Å². The number of pyridine rings is 1. The lowest BCUT2D eigenvalue weighted by Gasteiger charge is -2.12. The van der Waals surface area contributed by atoms with E-state index in [9.17, 15) is 15.2 Å². The van der Waals surface area contributed by atoms with Crippen LogP contribution < -0.4 is 15.0 Å². The maximum atomic E-state index is 12.7. The van der Waals surface area contributed by atoms with E-state index in [1.54, 1.807) is 25.1 Å². The van der Waals surface area contributed by atoms with Crippen LogP contribution in [0.4, 0.5) is 11.4 Å². The Morgan fingerprint density at radius 3 is 2.58 bits per heavy atom. The normalized spacial score (nSPS) is 10.7. The highest BCUT2D eigenvalue weighted by atomic mass is 16.5. The number of ether oxygens (including phenoxy) is 2. The van der Waals surface area contributed by atoms with E-state index in [2.05, 4.69) is 10.2 Å². The van der Waals surface area contributed by atoms with Gasteiger partial charge in [0.1, 0.15) is 28.8 Å². The molecule has 0 saturated heterocycles. The molecule has 2 rings (SSSR count). The number of azo groups is 1. The van der Waals surface area contributed by atoms with Crippen molar-refractivity contribution in [2.75, 3.05) is 14.2 Å². The standard InChI is InChI=1S/C18H20N4O4/c1-5-8-22-17(23)13(10-19)11(2)16(18(22)24)21-20-14-9-12(25-3)6-7-15(14)26-4/h6-7,9,23H,5,8H2,1-4H3. The van der Waals surface area contributed by atoms with E-state index >= 15 is 0 Å². The van der Waals surface area contributed by atoms with E-state index in [1.165, 1.54) is 14.2 Å². The van der Waals surface area contributed by atoms with Crippen LogP contribution in [-0.2, 0) is 6.54 Å². The zero-order valence-electron chi connectivity index (χ0n) is 15.1. The van der Waals surface area contributed by atoms with Crippen molar-refractivity contribution in [2.45, 2.75) is 26.8 Å². The fourth-order valence-electron chi connectivity index (χ4n) is 2.47. The lowest BCUT2D eigenvalue weighted by atomic mass is 10.1. The van der Waals surface area contributed by atoms with Gasteiger partial charge in [0.05, 0.1) is 14.2 Å². The fraction of sp³-hybridized carbons (Fsp3) is 0.333. The van der Waals surface area contributed by atoms with E-state index in [0.717, 1.165) is 4.57 Å². The molecule has 0 saturated carbocycles. The van der Waals surface area contributed by atoms with Crippen LogP contribution in [0.1, 0.15) is 24.5 Å². The lowest BCUT2D eigenvalue weighted by Crippen LogP contribution is -2.21. The Morgan fingerprint density at radius 2 is 2.00 bits per heavy atom. The van der Waals surface area contributed by atoms with Crippen molar-refractivity contribution in [3.05, 3.63) is 39.7 Å². The molecule has 0 unspecified atom stereocenters. The molecule has 0 atom stereocenters. The van der Waals surface area contributed by atoms with Gasteiger partial charge >= 0.3 is 0 Å². The van der Waals surface area contributed by atoms with Gasteiger partial charge in [-0.15, -0.1) is 10.2 Å². The van der Waals surface area contributed by atoms with Gasteiger partial charge in [0, 0.05) is 18.2 Å². The molecule has 1 aromatic heterocycles. The number of nitriles is 1. The molecule has 1 aromatic carbocycles. The Kier molecular flexibility index (Phi) is 5.96. The zero-order valence-corrected chi connectivity index (χ0v) is 15.1. The molecule has 136 valence electrons. The number of aromatic hydroxyl groups is 1. The molecular weight excluding hydrogens is 336 g/mol. The Hall–Kier alpha value is -3.34. The Morgan fingerprint density at radius 1 is 1.27 bits per heavy atom. The topological polar surface area (TPSA) is 109 Å². The minimum absolute atomic E-state index is 0.00215. The molecule has 0 radical (unpaired) electrons. The number of rotatable bonds is 6. The minimum atomic E-state index is -0.508. The van der Waals surface area contributed by atoms with E-state index in [0.29, 0.717) is 23.6 Å². The maximum absolute atomic E-state index is 12.7. The molecule has 0 aliphatic rings. The van der Waals surface area contributed by atoms with Crippen molar-refractivity contribution in [1.82, 2.24) is 4.57 Å². The van der Waals surface area contributed by atoms with E-state index < -0.39 is 5.56 Å². The number of methoxy groups -OCH3 is 2. The lowest BCUT2D eigenvalue weighted by molar-refractivity contribution is 0.402. The zero-order chi connectivity index (χ0) is 19.3. The second kappa shape index (κ2) is 8.16. The van der Waals surface area contributed by atoms with Gasteiger partial charge in [-0.25, -0.2) is 0 Å². The first-order valence-corrected chi connectivity index (χ1v) is 7.98. The third-order valence-electron chi connectivity index (χ3n) is 3.86. The summed E-state index contributed by atoms with van der Waals surface area (Å²) < 4.78 is 11.5. The molecule has 0 spiro atoms. The molecule has 2 aromatic rings. The average molecular weight is 356 g/mol. The minimum Gasteiger partial charge on any atom is -0.497 e. The summed E-state index contributed by atoms with van der Waals surface area (Å²) in [5, 5.41) is 27.6. The van der Waals surface area contributed by atoms with Crippen LogP contribution in [-0.4, -0.2) is 23.9 Å². The molecule has 1 N–H and O–H groups in total. The molecule has 0 bridgehead atoms. The highest BCUT2D eigenvalue weighted by molar-refractivity contribution is 5.58. The first-order valence-electron chi connectivity index (χ1n) is 7.98. The number of hydrogen-bond donors (Lipinski definition) is 1. The summed E-state index contributed by atoms with van der Waals surface area (Å²) in [5.74, 6) is 0.665. The van der Waals surface area contributed by atoms with Crippen LogP contribution in [0, 0.1) is 18.3 Å². The summed E-state index contributed by atoms with van der Waals surface area (Å²) in [4.78, 5) is 12.7. The Balaban J connectivity index is 2.63. The van der Waals surface area contributed by atoms with Crippen molar-refractivity contribution < 1.29 is 14.6 Å². The largest absolute Gasteiger partial charge is 0.497 e. The van der Waals surface area contributed by atoms with Crippen molar-refractivity contribution in [2.24, 2.45) is 10.2 Å². The number of benzene rings is 1. The second-order valence-corrected chi connectivity index (χ2v) is 5.48. The summed E-state index contributed by atoms with van der Waals surface area (Å²) in [6.45, 7) is 3.68. The van der Waals surface area contributed by atoms with Crippen LogP contribution in [0.25, 0.3) is 0 Å². The Bertz CT molecular complexity index is 942. The molecule has 8 heteroatoms. The van der Waals surface area contributed by atoms with Crippen LogP contribution in [0.15, 0.2) is 33.2 Å².